The Morgan fingerprint density at radius 2 is 1.80 bits per heavy atom. The number of hydrogen-bond acceptors (Lipinski definition) is 5. The minimum Gasteiger partial charge on any atom is -0.380 e. The summed E-state index contributed by atoms with van der Waals surface area (Å²) in [5.41, 5.74) is 7.19. The number of oxime groups is 1. The summed E-state index contributed by atoms with van der Waals surface area (Å²) in [7, 11) is -2.50. The molecule has 1 heterocycles. The number of sulfonamides is 1. The Labute approximate surface area is 146 Å². The molecule has 0 aliphatic rings. The lowest BCUT2D eigenvalue weighted by Gasteiger charge is -2.15. The monoisotopic (exact) mass is 363 g/mol. The molecule has 2 rings (SSSR count). The number of nitrogens with two attached hydrogens (primary N) is 1. The normalized spacial score (nSPS) is 12.2. The van der Waals surface area contributed by atoms with Crippen LogP contribution >= 0.6 is 0 Å². The number of hydrogen-bond donors (Lipinski definition) is 1. The predicted molar refractivity (Wildman–Crippen MR) is 90.8 cm³/mol. The molecular weight excluding hydrogens is 344 g/mol. The third-order valence-corrected chi connectivity index (χ3v) is 5.16. The van der Waals surface area contributed by atoms with Crippen LogP contribution in [0.5, 0.6) is 0 Å². The molecule has 1 aromatic carbocycles. The van der Waals surface area contributed by atoms with E-state index in [1.807, 2.05) is 6.92 Å². The number of aromatic amines is 1. The third-order valence-electron chi connectivity index (χ3n) is 3.34. The van der Waals surface area contributed by atoms with Crippen LogP contribution in [0.4, 0.5) is 0 Å². The number of benzene rings is 1. The highest BCUT2D eigenvalue weighted by molar-refractivity contribution is 7.89. The lowest BCUT2D eigenvalue weighted by atomic mass is 10.2. The molecule has 0 saturated carbocycles. The van der Waals surface area contributed by atoms with Gasteiger partial charge in [-0.3, -0.25) is 0 Å². The number of nitrogens with zero attached hydrogens (tertiary/aromatic N) is 2. The molecule has 0 radical (unpaired) electrons. The van der Waals surface area contributed by atoms with E-state index in [1.165, 1.54) is 19.2 Å². The zero-order valence-electron chi connectivity index (χ0n) is 13.8. The first-order valence-corrected chi connectivity index (χ1v) is 8.77. The van der Waals surface area contributed by atoms with Gasteiger partial charge in [0.25, 0.3) is 0 Å². The molecule has 0 aliphatic heterocycles. The van der Waals surface area contributed by atoms with Gasteiger partial charge < -0.3 is 10.6 Å². The number of H-pyrrole nitrogens is 1. The van der Waals surface area contributed by atoms with Crippen molar-refractivity contribution in [3.05, 3.63) is 59.9 Å². The van der Waals surface area contributed by atoms with Gasteiger partial charge in [-0.2, -0.15) is 4.31 Å². The lowest BCUT2D eigenvalue weighted by molar-refractivity contribution is -0.378. The van der Waals surface area contributed by atoms with Crippen molar-refractivity contribution in [2.45, 2.75) is 11.8 Å². The number of amidine groups is 1. The minimum atomic E-state index is -3.79. The standard InChI is InChI=1S/C16H18N4O4S/c1-12-3-5-14(6-4-12)25(22,23)20(2)11-15(21)24-19-16(17)13-7-9-18-10-8-13/h3-10H,11H2,1-2H3,(H2,17,19)/p+1. The predicted octanol–water partition coefficient (Wildman–Crippen LogP) is 0.293. The first-order chi connectivity index (χ1) is 11.8. The number of aryl methyl sites for hydroxylation is 1. The number of carbonyl (C=O) groups excluding carboxylic acids is 1. The fraction of sp³-hybridized carbons (Fsp3) is 0.188. The van der Waals surface area contributed by atoms with E-state index in [0.717, 1.165) is 9.87 Å². The summed E-state index contributed by atoms with van der Waals surface area (Å²) < 4.78 is 25.7. The van der Waals surface area contributed by atoms with Crippen LogP contribution in [0.1, 0.15) is 11.1 Å². The first-order valence-electron chi connectivity index (χ1n) is 7.33. The van der Waals surface area contributed by atoms with Crippen LogP contribution in [-0.2, 0) is 19.7 Å². The second-order valence-corrected chi connectivity index (χ2v) is 7.35. The Balaban J connectivity index is 2.01. The molecule has 0 amide bonds. The molecule has 0 saturated heterocycles. The quantitative estimate of drug-likeness (QED) is 0.343. The molecule has 9 heteroatoms. The Hall–Kier alpha value is -2.78. The van der Waals surface area contributed by atoms with Crippen LogP contribution in [-0.4, -0.2) is 38.1 Å². The minimum absolute atomic E-state index is 0.00592. The van der Waals surface area contributed by atoms with Crippen LogP contribution in [0.15, 0.2) is 58.8 Å². The fourth-order valence-electron chi connectivity index (χ4n) is 1.90. The molecular formula is C16H19N4O4S+. The summed E-state index contributed by atoms with van der Waals surface area (Å²) in [6, 6.07) is 9.63. The average molecular weight is 363 g/mol. The van der Waals surface area contributed by atoms with Crippen molar-refractivity contribution in [1.82, 2.24) is 4.31 Å². The number of nitrogens with one attached hydrogen (secondary N) is 1. The molecule has 132 valence electrons. The SMILES string of the molecule is Cc1ccc(S(=O)(=O)N(C)CC(=O)O/N=C(\N)c2cc[nH+]cc2)cc1. The summed E-state index contributed by atoms with van der Waals surface area (Å²) in [5.74, 6) is -0.838. The maximum absolute atomic E-state index is 12.4. The zero-order valence-corrected chi connectivity index (χ0v) is 14.7. The summed E-state index contributed by atoms with van der Waals surface area (Å²) in [4.78, 5) is 19.4. The van der Waals surface area contributed by atoms with Crippen molar-refractivity contribution < 1.29 is 23.0 Å². The van der Waals surface area contributed by atoms with Crippen molar-refractivity contribution in [2.24, 2.45) is 10.9 Å². The number of aromatic nitrogens is 1. The molecule has 0 atom stereocenters. The number of likely N-dealkylation sites (N-methyl/N-ethyl adjacent to an activating group) is 1. The zero-order chi connectivity index (χ0) is 18.4. The molecule has 0 fully saturated rings. The Bertz CT molecular complexity index is 865. The highest BCUT2D eigenvalue weighted by atomic mass is 32.2. The molecule has 8 nitrogen and oxygen atoms in total. The highest BCUT2D eigenvalue weighted by Gasteiger charge is 2.23. The maximum atomic E-state index is 12.4. The average Bonchev–Trinajstić information content (AvgIpc) is 2.60. The number of rotatable bonds is 6. The van der Waals surface area contributed by atoms with Crippen molar-refractivity contribution in [1.29, 1.82) is 0 Å². The number of carbonyl (C=O) groups is 1. The van der Waals surface area contributed by atoms with E-state index in [9.17, 15) is 13.2 Å². The molecule has 25 heavy (non-hydrogen) atoms. The Morgan fingerprint density at radius 3 is 2.40 bits per heavy atom. The van der Waals surface area contributed by atoms with E-state index < -0.39 is 22.5 Å². The van der Waals surface area contributed by atoms with Gasteiger partial charge in [0.1, 0.15) is 6.54 Å². The van der Waals surface area contributed by atoms with Crippen molar-refractivity contribution in [3.8, 4) is 0 Å². The summed E-state index contributed by atoms with van der Waals surface area (Å²) in [5, 5.41) is 3.52. The van der Waals surface area contributed by atoms with Crippen LogP contribution < -0.4 is 10.7 Å². The fourth-order valence-corrected chi connectivity index (χ4v) is 3.01. The van der Waals surface area contributed by atoms with Crippen LogP contribution in [0.3, 0.4) is 0 Å². The Morgan fingerprint density at radius 1 is 1.20 bits per heavy atom. The highest BCUT2D eigenvalue weighted by Crippen LogP contribution is 2.14. The van der Waals surface area contributed by atoms with E-state index >= 15 is 0 Å². The summed E-state index contributed by atoms with van der Waals surface area (Å²) in [6.07, 6.45) is 3.28. The summed E-state index contributed by atoms with van der Waals surface area (Å²) in [6.45, 7) is 1.36. The van der Waals surface area contributed by atoms with E-state index in [0.29, 0.717) is 5.56 Å². The molecule has 0 spiro atoms. The first kappa shape index (κ1) is 18.6. The largest absolute Gasteiger partial charge is 0.380 e. The van der Waals surface area contributed by atoms with Crippen molar-refractivity contribution in [3.63, 3.8) is 0 Å². The van der Waals surface area contributed by atoms with E-state index in [2.05, 4.69) is 15.0 Å². The van der Waals surface area contributed by atoms with E-state index in [4.69, 9.17) is 5.73 Å². The second kappa shape index (κ2) is 7.86. The van der Waals surface area contributed by atoms with Crippen LogP contribution in [0.2, 0.25) is 0 Å². The van der Waals surface area contributed by atoms with Gasteiger partial charge in [-0.1, -0.05) is 22.9 Å². The topological polar surface area (TPSA) is 116 Å². The van der Waals surface area contributed by atoms with Gasteiger partial charge in [-0.05, 0) is 19.1 Å². The van der Waals surface area contributed by atoms with Gasteiger partial charge in [0, 0.05) is 24.7 Å². The smallest absolute Gasteiger partial charge is 0.350 e. The molecule has 0 aliphatic carbocycles. The van der Waals surface area contributed by atoms with Crippen molar-refractivity contribution in [2.75, 3.05) is 13.6 Å². The van der Waals surface area contributed by atoms with Gasteiger partial charge in [0.05, 0.1) is 4.90 Å². The Kier molecular flexibility index (Phi) is 5.84. The molecule has 3 N–H and O–H groups in total. The van der Waals surface area contributed by atoms with Crippen LogP contribution in [0, 0.1) is 6.92 Å². The molecule has 1 aromatic heterocycles. The maximum Gasteiger partial charge on any atom is 0.350 e. The van der Waals surface area contributed by atoms with Gasteiger partial charge in [0.15, 0.2) is 18.2 Å². The van der Waals surface area contributed by atoms with Crippen LogP contribution in [0.25, 0.3) is 0 Å². The van der Waals surface area contributed by atoms with Gasteiger partial charge >= 0.3 is 5.97 Å². The van der Waals surface area contributed by atoms with Crippen molar-refractivity contribution >= 4 is 21.8 Å². The van der Waals surface area contributed by atoms with E-state index in [1.54, 1.807) is 36.7 Å². The molecule has 0 bridgehead atoms. The van der Waals surface area contributed by atoms with Gasteiger partial charge in [0.2, 0.25) is 10.0 Å². The molecule has 2 aromatic rings. The van der Waals surface area contributed by atoms with Gasteiger partial charge in [-0.25, -0.2) is 18.2 Å². The summed E-state index contributed by atoms with van der Waals surface area (Å²) >= 11 is 0. The van der Waals surface area contributed by atoms with Gasteiger partial charge in [-0.15, -0.1) is 0 Å². The third kappa shape index (κ3) is 4.85. The molecule has 0 unspecified atom stereocenters. The lowest BCUT2D eigenvalue weighted by Crippen LogP contribution is -2.33. The number of pyridine rings is 1. The second-order valence-electron chi connectivity index (χ2n) is 5.30. The van der Waals surface area contributed by atoms with E-state index in [-0.39, 0.29) is 10.7 Å².